The van der Waals surface area contributed by atoms with Gasteiger partial charge in [0, 0.05) is 50.3 Å². The maximum atomic E-state index is 13.8. The highest BCUT2D eigenvalue weighted by Gasteiger charge is 2.26. The Bertz CT molecular complexity index is 1160. The fourth-order valence-corrected chi connectivity index (χ4v) is 3.84. The number of aromatic amines is 1. The van der Waals surface area contributed by atoms with E-state index in [4.69, 9.17) is 5.73 Å². The maximum absolute atomic E-state index is 13.8. The number of nitrogens with zero attached hydrogens (tertiary/aromatic N) is 3. The maximum Gasteiger partial charge on any atom is 0.254 e. The van der Waals surface area contributed by atoms with Gasteiger partial charge in [-0.2, -0.15) is 0 Å². The molecule has 0 unspecified atom stereocenters. The molecule has 1 aliphatic heterocycles. The molecule has 0 spiro atoms. The number of piperazine rings is 1. The summed E-state index contributed by atoms with van der Waals surface area (Å²) in [6, 6.07) is 5.73. The number of amides is 2. The summed E-state index contributed by atoms with van der Waals surface area (Å²) in [5.41, 5.74) is 7.97. The van der Waals surface area contributed by atoms with E-state index in [0.717, 1.165) is 17.1 Å². The van der Waals surface area contributed by atoms with E-state index in [1.54, 1.807) is 34.3 Å². The summed E-state index contributed by atoms with van der Waals surface area (Å²) in [7, 11) is 0. The first-order valence-electron chi connectivity index (χ1n) is 10.2. The molecule has 1 atom stereocenters. The summed E-state index contributed by atoms with van der Waals surface area (Å²) in [5.74, 6) is -3.68. The quantitative estimate of drug-likeness (QED) is 0.589. The highest BCUT2D eigenvalue weighted by molar-refractivity contribution is 5.97. The second-order valence-electron chi connectivity index (χ2n) is 7.83. The van der Waals surface area contributed by atoms with Crippen LogP contribution in [0.25, 0.3) is 11.0 Å². The predicted molar refractivity (Wildman–Crippen MR) is 111 cm³/mol. The van der Waals surface area contributed by atoms with Crippen molar-refractivity contribution in [2.45, 2.75) is 18.9 Å². The molecule has 1 aliphatic rings. The molecule has 0 saturated carbocycles. The predicted octanol–water partition coefficient (Wildman–Crippen LogP) is 2.22. The highest BCUT2D eigenvalue weighted by Crippen LogP contribution is 2.17. The van der Waals surface area contributed by atoms with Crippen molar-refractivity contribution in [1.29, 1.82) is 0 Å². The van der Waals surface area contributed by atoms with Gasteiger partial charge >= 0.3 is 0 Å². The summed E-state index contributed by atoms with van der Waals surface area (Å²) >= 11 is 0. The second kappa shape index (κ2) is 8.99. The molecule has 10 heteroatoms. The second-order valence-corrected chi connectivity index (χ2v) is 7.83. The van der Waals surface area contributed by atoms with E-state index < -0.39 is 23.5 Å². The lowest BCUT2D eigenvalue weighted by molar-refractivity contribution is -0.133. The SMILES string of the molecule is N[C@@H](CC(=O)N1CCN(C(=O)c2ccc3nc[nH]c3c2)CC1)Cc1cc(F)c(F)cc1F. The number of hydrogen-bond donors (Lipinski definition) is 2. The number of carbonyl (C=O) groups excluding carboxylic acids is 2. The molecule has 1 fully saturated rings. The fraction of sp³-hybridized carbons (Fsp3) is 0.318. The van der Waals surface area contributed by atoms with E-state index in [2.05, 4.69) is 9.97 Å². The number of benzene rings is 2. The first-order valence-corrected chi connectivity index (χ1v) is 10.2. The number of carbonyl (C=O) groups is 2. The first kappa shape index (κ1) is 21.8. The zero-order valence-electron chi connectivity index (χ0n) is 17.2. The zero-order chi connectivity index (χ0) is 22.8. The number of hydrogen-bond acceptors (Lipinski definition) is 4. The van der Waals surface area contributed by atoms with Crippen LogP contribution in [0, 0.1) is 17.5 Å². The smallest absolute Gasteiger partial charge is 0.254 e. The van der Waals surface area contributed by atoms with Crippen molar-refractivity contribution in [2.24, 2.45) is 5.73 Å². The summed E-state index contributed by atoms with van der Waals surface area (Å²) in [4.78, 5) is 35.7. The van der Waals surface area contributed by atoms with Crippen LogP contribution < -0.4 is 5.73 Å². The summed E-state index contributed by atoms with van der Waals surface area (Å²) < 4.78 is 40.2. The Morgan fingerprint density at radius 3 is 2.44 bits per heavy atom. The van der Waals surface area contributed by atoms with E-state index in [1.165, 1.54) is 0 Å². The molecule has 2 aromatic carbocycles. The van der Waals surface area contributed by atoms with Crippen LogP contribution in [0.1, 0.15) is 22.3 Å². The highest BCUT2D eigenvalue weighted by atomic mass is 19.2. The third kappa shape index (κ3) is 4.59. The summed E-state index contributed by atoms with van der Waals surface area (Å²) in [6.07, 6.45) is 1.40. The molecule has 2 heterocycles. The largest absolute Gasteiger partial charge is 0.345 e. The van der Waals surface area contributed by atoms with Crippen molar-refractivity contribution in [3.05, 3.63) is 65.2 Å². The topological polar surface area (TPSA) is 95.3 Å². The molecular formula is C22H22F3N5O2. The summed E-state index contributed by atoms with van der Waals surface area (Å²) in [5, 5.41) is 0. The van der Waals surface area contributed by atoms with Gasteiger partial charge in [-0.25, -0.2) is 18.2 Å². The van der Waals surface area contributed by atoms with Crippen molar-refractivity contribution < 1.29 is 22.8 Å². The third-order valence-corrected chi connectivity index (χ3v) is 5.60. The Morgan fingerprint density at radius 2 is 1.69 bits per heavy atom. The van der Waals surface area contributed by atoms with Crippen LogP contribution in [0.3, 0.4) is 0 Å². The van der Waals surface area contributed by atoms with E-state index in [0.29, 0.717) is 37.8 Å². The van der Waals surface area contributed by atoms with Gasteiger partial charge in [-0.3, -0.25) is 9.59 Å². The number of H-pyrrole nitrogens is 1. The van der Waals surface area contributed by atoms with Crippen LogP contribution in [0.5, 0.6) is 0 Å². The average molecular weight is 445 g/mol. The fourth-order valence-electron chi connectivity index (χ4n) is 3.84. The minimum absolute atomic E-state index is 0.0666. The van der Waals surface area contributed by atoms with Crippen molar-refractivity contribution in [3.8, 4) is 0 Å². The van der Waals surface area contributed by atoms with Crippen LogP contribution in [0.4, 0.5) is 13.2 Å². The van der Waals surface area contributed by atoms with Gasteiger partial charge in [-0.15, -0.1) is 0 Å². The Hall–Kier alpha value is -3.40. The molecule has 1 saturated heterocycles. The van der Waals surface area contributed by atoms with Crippen molar-refractivity contribution in [2.75, 3.05) is 26.2 Å². The monoisotopic (exact) mass is 445 g/mol. The van der Waals surface area contributed by atoms with Crippen LogP contribution in [-0.4, -0.2) is 63.8 Å². The van der Waals surface area contributed by atoms with Gasteiger partial charge < -0.3 is 20.5 Å². The van der Waals surface area contributed by atoms with Gasteiger partial charge in [0.25, 0.3) is 5.91 Å². The van der Waals surface area contributed by atoms with Crippen LogP contribution in [0.15, 0.2) is 36.7 Å². The number of imidazole rings is 1. The number of fused-ring (bicyclic) bond motifs is 1. The molecule has 4 rings (SSSR count). The van der Waals surface area contributed by atoms with Crippen LogP contribution in [-0.2, 0) is 11.2 Å². The average Bonchev–Trinajstić information content (AvgIpc) is 3.25. The van der Waals surface area contributed by atoms with E-state index in [-0.39, 0.29) is 30.2 Å². The molecule has 1 aromatic heterocycles. The Balaban J connectivity index is 1.30. The molecule has 7 nitrogen and oxygen atoms in total. The number of nitrogens with two attached hydrogens (primary N) is 1. The lowest BCUT2D eigenvalue weighted by Gasteiger charge is -2.35. The Kier molecular flexibility index (Phi) is 6.13. The Labute approximate surface area is 182 Å². The minimum Gasteiger partial charge on any atom is -0.345 e. The van der Waals surface area contributed by atoms with Crippen LogP contribution >= 0.6 is 0 Å². The van der Waals surface area contributed by atoms with Crippen molar-refractivity contribution in [1.82, 2.24) is 19.8 Å². The summed E-state index contributed by atoms with van der Waals surface area (Å²) in [6.45, 7) is 1.45. The standard InChI is InChI=1S/C22H22F3N5O2/c23-16-11-18(25)17(24)8-14(16)7-15(26)10-21(31)29-3-5-30(6-4-29)22(32)13-1-2-19-20(9-13)28-12-27-19/h1-2,8-9,11-12,15H,3-7,10,26H2,(H,27,28)/t15-/m1/s1. The van der Waals surface area contributed by atoms with Gasteiger partial charge in [-0.1, -0.05) is 0 Å². The number of halogens is 3. The first-order chi connectivity index (χ1) is 15.3. The van der Waals surface area contributed by atoms with Gasteiger partial charge in [-0.05, 0) is 36.2 Å². The number of rotatable bonds is 5. The van der Waals surface area contributed by atoms with E-state index in [9.17, 15) is 22.8 Å². The van der Waals surface area contributed by atoms with Crippen molar-refractivity contribution >= 4 is 22.8 Å². The molecule has 3 aromatic rings. The molecule has 3 N–H and O–H groups in total. The van der Waals surface area contributed by atoms with Gasteiger partial charge in [0.15, 0.2) is 11.6 Å². The number of nitrogens with one attached hydrogen (secondary N) is 1. The molecular weight excluding hydrogens is 423 g/mol. The van der Waals surface area contributed by atoms with Gasteiger partial charge in [0.2, 0.25) is 5.91 Å². The molecule has 32 heavy (non-hydrogen) atoms. The number of aromatic nitrogens is 2. The molecule has 2 amide bonds. The third-order valence-electron chi connectivity index (χ3n) is 5.60. The van der Waals surface area contributed by atoms with Gasteiger partial charge in [0.1, 0.15) is 5.82 Å². The molecule has 0 radical (unpaired) electrons. The van der Waals surface area contributed by atoms with Crippen LogP contribution in [0.2, 0.25) is 0 Å². The normalized spacial score (nSPS) is 15.2. The molecule has 168 valence electrons. The zero-order valence-corrected chi connectivity index (χ0v) is 17.2. The Morgan fingerprint density at radius 1 is 1.00 bits per heavy atom. The lowest BCUT2D eigenvalue weighted by atomic mass is 10.0. The van der Waals surface area contributed by atoms with E-state index in [1.807, 2.05) is 0 Å². The molecule has 0 aliphatic carbocycles. The molecule has 0 bridgehead atoms. The minimum atomic E-state index is -1.27. The van der Waals surface area contributed by atoms with Crippen molar-refractivity contribution in [3.63, 3.8) is 0 Å². The van der Waals surface area contributed by atoms with Gasteiger partial charge in [0.05, 0.1) is 17.4 Å². The lowest BCUT2D eigenvalue weighted by Crippen LogP contribution is -2.51. The van der Waals surface area contributed by atoms with E-state index >= 15 is 0 Å².